The third kappa shape index (κ3) is 2.12. The largest absolute Gasteiger partial charge is 0.367 e. The van der Waals surface area contributed by atoms with Crippen LogP contribution in [0.1, 0.15) is 12.8 Å². The van der Waals surface area contributed by atoms with Crippen LogP contribution in [0.15, 0.2) is 18.3 Å². The van der Waals surface area contributed by atoms with Crippen LogP contribution in [0, 0.1) is 0 Å². The van der Waals surface area contributed by atoms with Crippen molar-refractivity contribution in [1.82, 2.24) is 4.98 Å². The fraction of sp³-hybridized carbons (Fsp3) is 0.444. The van der Waals surface area contributed by atoms with Crippen molar-refractivity contribution in [3.63, 3.8) is 0 Å². The SMILES string of the molecule is FC1(F)CC(Nc2ccc(Cl)cn2)C1. The van der Waals surface area contributed by atoms with Crippen molar-refractivity contribution >= 4 is 17.4 Å². The molecule has 0 unspecified atom stereocenters. The molecule has 2 nitrogen and oxygen atoms in total. The average Bonchev–Trinajstić information content (AvgIpc) is 2.06. The maximum Gasteiger partial charge on any atom is 0.252 e. The van der Waals surface area contributed by atoms with Gasteiger partial charge in [0.05, 0.1) is 5.02 Å². The summed E-state index contributed by atoms with van der Waals surface area (Å²) in [5.74, 6) is -1.90. The lowest BCUT2D eigenvalue weighted by molar-refractivity contribution is -0.0794. The Morgan fingerprint density at radius 3 is 2.64 bits per heavy atom. The van der Waals surface area contributed by atoms with Crippen LogP contribution in [-0.2, 0) is 0 Å². The smallest absolute Gasteiger partial charge is 0.252 e. The van der Waals surface area contributed by atoms with Gasteiger partial charge in [-0.05, 0) is 12.1 Å². The Hall–Kier alpha value is -0.900. The van der Waals surface area contributed by atoms with E-state index >= 15 is 0 Å². The molecule has 0 atom stereocenters. The van der Waals surface area contributed by atoms with Crippen LogP contribution in [0.25, 0.3) is 0 Å². The van der Waals surface area contributed by atoms with Gasteiger partial charge in [-0.2, -0.15) is 0 Å². The van der Waals surface area contributed by atoms with Crippen molar-refractivity contribution in [3.05, 3.63) is 23.4 Å². The second-order valence-corrected chi connectivity index (χ2v) is 3.90. The van der Waals surface area contributed by atoms with Crippen LogP contribution in [0.4, 0.5) is 14.6 Å². The molecule has 0 radical (unpaired) electrons. The number of nitrogens with zero attached hydrogens (tertiary/aromatic N) is 1. The number of hydrogen-bond donors (Lipinski definition) is 1. The quantitative estimate of drug-likeness (QED) is 0.826. The maximum absolute atomic E-state index is 12.5. The molecular weight excluding hydrogens is 210 g/mol. The molecule has 1 fully saturated rings. The molecule has 0 aromatic carbocycles. The number of rotatable bonds is 2. The standard InChI is InChI=1S/C9H9ClF2N2/c10-6-1-2-8(13-5-6)14-7-3-9(11,12)4-7/h1-2,5,7H,3-4H2,(H,13,14). The van der Waals surface area contributed by atoms with E-state index in [2.05, 4.69) is 10.3 Å². The van der Waals surface area contributed by atoms with Gasteiger partial charge in [-0.3, -0.25) is 0 Å². The molecule has 2 rings (SSSR count). The van der Waals surface area contributed by atoms with Gasteiger partial charge >= 0.3 is 0 Å². The zero-order valence-corrected chi connectivity index (χ0v) is 8.06. The van der Waals surface area contributed by atoms with E-state index in [-0.39, 0.29) is 18.9 Å². The second kappa shape index (κ2) is 3.35. The number of nitrogens with one attached hydrogen (secondary N) is 1. The Balaban J connectivity index is 1.90. The highest BCUT2D eigenvalue weighted by atomic mass is 35.5. The van der Waals surface area contributed by atoms with Crippen LogP contribution < -0.4 is 5.32 Å². The van der Waals surface area contributed by atoms with Crippen molar-refractivity contribution in [2.45, 2.75) is 24.8 Å². The lowest BCUT2D eigenvalue weighted by Crippen LogP contribution is -2.44. The predicted molar refractivity (Wildman–Crippen MR) is 50.8 cm³/mol. The molecule has 1 aromatic heterocycles. The molecule has 0 bridgehead atoms. The maximum atomic E-state index is 12.5. The molecule has 1 aliphatic rings. The summed E-state index contributed by atoms with van der Waals surface area (Å²) in [6.45, 7) is 0. The summed E-state index contributed by atoms with van der Waals surface area (Å²) in [7, 11) is 0. The Kier molecular flexibility index (Phi) is 2.31. The summed E-state index contributed by atoms with van der Waals surface area (Å²) in [6.07, 6.45) is 1.26. The minimum atomic E-state index is -2.50. The molecule has 14 heavy (non-hydrogen) atoms. The lowest BCUT2D eigenvalue weighted by Gasteiger charge is -2.35. The van der Waals surface area contributed by atoms with E-state index in [1.54, 1.807) is 12.1 Å². The first-order chi connectivity index (χ1) is 6.55. The predicted octanol–water partition coefficient (Wildman–Crippen LogP) is 2.94. The summed E-state index contributed by atoms with van der Waals surface area (Å²) < 4.78 is 24.9. The van der Waals surface area contributed by atoms with Crippen molar-refractivity contribution in [1.29, 1.82) is 0 Å². The topological polar surface area (TPSA) is 24.9 Å². The van der Waals surface area contributed by atoms with Crippen molar-refractivity contribution in [3.8, 4) is 0 Å². The fourth-order valence-corrected chi connectivity index (χ4v) is 1.55. The third-order valence-electron chi connectivity index (χ3n) is 2.17. The van der Waals surface area contributed by atoms with Crippen LogP contribution >= 0.6 is 11.6 Å². The first kappa shape index (κ1) is 9.65. The summed E-state index contributed by atoms with van der Waals surface area (Å²) in [5.41, 5.74) is 0. The van der Waals surface area contributed by atoms with E-state index in [0.29, 0.717) is 10.8 Å². The molecule has 0 aliphatic heterocycles. The lowest BCUT2D eigenvalue weighted by atomic mass is 9.88. The van der Waals surface area contributed by atoms with Gasteiger partial charge in [0.1, 0.15) is 5.82 Å². The van der Waals surface area contributed by atoms with Gasteiger partial charge in [0.15, 0.2) is 0 Å². The Morgan fingerprint density at radius 2 is 2.14 bits per heavy atom. The zero-order valence-electron chi connectivity index (χ0n) is 7.30. The van der Waals surface area contributed by atoms with E-state index in [1.807, 2.05) is 0 Å². The molecule has 5 heteroatoms. The van der Waals surface area contributed by atoms with Crippen LogP contribution in [0.5, 0.6) is 0 Å². The van der Waals surface area contributed by atoms with E-state index in [1.165, 1.54) is 6.20 Å². The molecule has 1 aromatic rings. The molecule has 0 amide bonds. The first-order valence-electron chi connectivity index (χ1n) is 4.31. The third-order valence-corrected chi connectivity index (χ3v) is 2.39. The van der Waals surface area contributed by atoms with Gasteiger partial charge in [0, 0.05) is 25.1 Å². The Morgan fingerprint density at radius 1 is 1.43 bits per heavy atom. The molecule has 1 saturated carbocycles. The van der Waals surface area contributed by atoms with Crippen molar-refractivity contribution in [2.24, 2.45) is 0 Å². The van der Waals surface area contributed by atoms with Gasteiger partial charge < -0.3 is 5.32 Å². The number of alkyl halides is 2. The van der Waals surface area contributed by atoms with Gasteiger partial charge in [-0.1, -0.05) is 11.6 Å². The number of halogens is 3. The minimum absolute atomic E-state index is 0.114. The number of aromatic nitrogens is 1. The molecule has 1 N–H and O–H groups in total. The summed E-state index contributed by atoms with van der Waals surface area (Å²) in [5, 5.41) is 3.45. The van der Waals surface area contributed by atoms with Gasteiger partial charge in [0.2, 0.25) is 0 Å². The van der Waals surface area contributed by atoms with Crippen LogP contribution in [0.2, 0.25) is 5.02 Å². The zero-order chi connectivity index (χ0) is 10.2. The van der Waals surface area contributed by atoms with Crippen LogP contribution in [0.3, 0.4) is 0 Å². The fourth-order valence-electron chi connectivity index (χ4n) is 1.43. The molecule has 76 valence electrons. The van der Waals surface area contributed by atoms with E-state index in [9.17, 15) is 8.78 Å². The Bertz CT molecular complexity index is 318. The van der Waals surface area contributed by atoms with E-state index in [0.717, 1.165) is 0 Å². The second-order valence-electron chi connectivity index (χ2n) is 3.47. The summed E-state index contributed by atoms with van der Waals surface area (Å²) >= 11 is 5.63. The minimum Gasteiger partial charge on any atom is -0.367 e. The highest BCUT2D eigenvalue weighted by Crippen LogP contribution is 2.38. The monoisotopic (exact) mass is 218 g/mol. The van der Waals surface area contributed by atoms with E-state index in [4.69, 9.17) is 11.6 Å². The first-order valence-corrected chi connectivity index (χ1v) is 4.69. The summed E-state index contributed by atoms with van der Waals surface area (Å²) in [6, 6.07) is 3.19. The van der Waals surface area contributed by atoms with Crippen molar-refractivity contribution in [2.75, 3.05) is 5.32 Å². The number of hydrogen-bond acceptors (Lipinski definition) is 2. The average molecular weight is 219 g/mol. The van der Waals surface area contributed by atoms with Gasteiger partial charge in [0.25, 0.3) is 5.92 Å². The number of pyridine rings is 1. The highest BCUT2D eigenvalue weighted by molar-refractivity contribution is 6.30. The molecule has 1 heterocycles. The normalized spacial score (nSPS) is 20.2. The van der Waals surface area contributed by atoms with Crippen LogP contribution in [-0.4, -0.2) is 16.9 Å². The van der Waals surface area contributed by atoms with Crippen molar-refractivity contribution < 1.29 is 8.78 Å². The summed E-state index contributed by atoms with van der Waals surface area (Å²) in [4.78, 5) is 3.96. The molecule has 0 saturated heterocycles. The van der Waals surface area contributed by atoms with Gasteiger partial charge in [-0.15, -0.1) is 0 Å². The number of anilines is 1. The molecular formula is C9H9ClF2N2. The van der Waals surface area contributed by atoms with E-state index < -0.39 is 5.92 Å². The molecule has 1 aliphatic carbocycles. The van der Waals surface area contributed by atoms with Gasteiger partial charge in [-0.25, -0.2) is 13.8 Å². The molecule has 0 spiro atoms. The highest BCUT2D eigenvalue weighted by Gasteiger charge is 2.45. The Labute approximate surface area is 85.3 Å².